The van der Waals surface area contributed by atoms with Crippen LogP contribution < -0.4 is 5.73 Å². The van der Waals surface area contributed by atoms with Gasteiger partial charge in [-0.1, -0.05) is 0 Å². The maximum absolute atomic E-state index is 12.1. The summed E-state index contributed by atoms with van der Waals surface area (Å²) in [4.78, 5) is 16.6. The molecule has 104 valence electrons. The van der Waals surface area contributed by atoms with Crippen molar-refractivity contribution in [3.63, 3.8) is 0 Å². The molecule has 2 aliphatic rings. The molecular weight excluding hydrogens is 230 g/mol. The lowest BCUT2D eigenvalue weighted by Crippen LogP contribution is -2.47. The van der Waals surface area contributed by atoms with Gasteiger partial charge in [-0.25, -0.2) is 0 Å². The molecule has 5 nitrogen and oxygen atoms in total. The maximum atomic E-state index is 12.1. The topological polar surface area (TPSA) is 58.8 Å². The zero-order valence-electron chi connectivity index (χ0n) is 11.3. The van der Waals surface area contributed by atoms with Crippen molar-refractivity contribution in [2.45, 2.75) is 38.3 Å². The Morgan fingerprint density at radius 1 is 1.39 bits per heavy atom. The van der Waals surface area contributed by atoms with E-state index in [2.05, 4.69) is 4.90 Å². The van der Waals surface area contributed by atoms with Gasteiger partial charge in [0.05, 0.1) is 13.2 Å². The third-order valence-corrected chi connectivity index (χ3v) is 3.77. The number of nitrogens with zero attached hydrogens (tertiary/aromatic N) is 2. The molecule has 0 radical (unpaired) electrons. The minimum atomic E-state index is -0.0397. The van der Waals surface area contributed by atoms with Crippen molar-refractivity contribution in [2.75, 3.05) is 39.4 Å². The van der Waals surface area contributed by atoms with Crippen LogP contribution in [0.25, 0.3) is 0 Å². The van der Waals surface area contributed by atoms with E-state index in [1.165, 1.54) is 0 Å². The second kappa shape index (κ2) is 6.50. The number of carbonyl (C=O) groups excluding carboxylic acids is 1. The second-order valence-electron chi connectivity index (χ2n) is 5.48. The number of hydrogen-bond acceptors (Lipinski definition) is 4. The Hall–Kier alpha value is -0.650. The van der Waals surface area contributed by atoms with Gasteiger partial charge in [-0.05, 0) is 19.8 Å². The van der Waals surface area contributed by atoms with E-state index >= 15 is 0 Å². The summed E-state index contributed by atoms with van der Waals surface area (Å²) in [5, 5.41) is 0. The van der Waals surface area contributed by atoms with Crippen LogP contribution >= 0.6 is 0 Å². The molecule has 18 heavy (non-hydrogen) atoms. The van der Waals surface area contributed by atoms with Gasteiger partial charge in [-0.3, -0.25) is 9.69 Å². The Labute approximate surface area is 109 Å². The highest BCUT2D eigenvalue weighted by molar-refractivity contribution is 5.77. The number of nitrogens with two attached hydrogens (primary N) is 1. The average Bonchev–Trinajstić information content (AvgIpc) is 2.77. The van der Waals surface area contributed by atoms with Crippen molar-refractivity contribution in [3.05, 3.63) is 0 Å². The average molecular weight is 255 g/mol. The lowest BCUT2D eigenvalue weighted by atomic mass is 10.1. The highest BCUT2D eigenvalue weighted by Gasteiger charge is 2.30. The first-order valence-electron chi connectivity index (χ1n) is 7.02. The van der Waals surface area contributed by atoms with Crippen molar-refractivity contribution < 1.29 is 9.53 Å². The Kier molecular flexibility index (Phi) is 4.97. The van der Waals surface area contributed by atoms with Crippen LogP contribution in [0.5, 0.6) is 0 Å². The second-order valence-corrected chi connectivity index (χ2v) is 5.48. The summed E-state index contributed by atoms with van der Waals surface area (Å²) >= 11 is 0. The van der Waals surface area contributed by atoms with Gasteiger partial charge in [0, 0.05) is 44.7 Å². The summed E-state index contributed by atoms with van der Waals surface area (Å²) in [5.41, 5.74) is 5.72. The minimum Gasteiger partial charge on any atom is -0.379 e. The van der Waals surface area contributed by atoms with Gasteiger partial charge in [-0.15, -0.1) is 0 Å². The zero-order valence-corrected chi connectivity index (χ0v) is 11.3. The van der Waals surface area contributed by atoms with Gasteiger partial charge in [0.2, 0.25) is 5.91 Å². The maximum Gasteiger partial charge on any atom is 0.224 e. The van der Waals surface area contributed by atoms with Crippen molar-refractivity contribution in [3.8, 4) is 0 Å². The van der Waals surface area contributed by atoms with E-state index in [-0.39, 0.29) is 11.9 Å². The Bertz CT molecular complexity index is 277. The van der Waals surface area contributed by atoms with Gasteiger partial charge in [0.25, 0.3) is 0 Å². The number of carbonyl (C=O) groups is 1. The van der Waals surface area contributed by atoms with E-state index in [0.29, 0.717) is 12.5 Å². The highest BCUT2D eigenvalue weighted by Crippen LogP contribution is 2.20. The molecule has 0 aliphatic carbocycles. The lowest BCUT2D eigenvalue weighted by molar-refractivity contribution is -0.132. The number of rotatable bonds is 4. The third-order valence-electron chi connectivity index (χ3n) is 3.77. The third kappa shape index (κ3) is 3.67. The van der Waals surface area contributed by atoms with E-state index < -0.39 is 0 Å². The van der Waals surface area contributed by atoms with Gasteiger partial charge < -0.3 is 15.4 Å². The predicted octanol–water partition coefficient (Wildman–Crippen LogP) is 0.0469. The van der Waals surface area contributed by atoms with Crippen molar-refractivity contribution >= 4 is 5.91 Å². The van der Waals surface area contributed by atoms with E-state index in [9.17, 15) is 4.79 Å². The molecule has 0 bridgehead atoms. The van der Waals surface area contributed by atoms with E-state index in [1.807, 2.05) is 11.8 Å². The molecule has 2 unspecified atom stereocenters. The normalized spacial score (nSPS) is 27.4. The summed E-state index contributed by atoms with van der Waals surface area (Å²) in [7, 11) is 0. The predicted molar refractivity (Wildman–Crippen MR) is 70.3 cm³/mol. The standard InChI is InChI=1S/C13H25N3O2/c1-11(14)9-13(17)16-4-2-3-12(16)10-15-5-7-18-8-6-15/h11-12H,2-10,14H2,1H3. The number of morpholine rings is 1. The summed E-state index contributed by atoms with van der Waals surface area (Å²) in [5.74, 6) is 0.223. The summed E-state index contributed by atoms with van der Waals surface area (Å²) < 4.78 is 5.35. The lowest BCUT2D eigenvalue weighted by Gasteiger charge is -2.33. The van der Waals surface area contributed by atoms with Gasteiger partial charge in [-0.2, -0.15) is 0 Å². The molecule has 2 aliphatic heterocycles. The molecule has 2 fully saturated rings. The van der Waals surface area contributed by atoms with Gasteiger partial charge in [0.15, 0.2) is 0 Å². The largest absolute Gasteiger partial charge is 0.379 e. The molecule has 5 heteroatoms. The van der Waals surface area contributed by atoms with Crippen molar-refractivity contribution in [1.29, 1.82) is 0 Å². The first-order chi connectivity index (χ1) is 8.66. The van der Waals surface area contributed by atoms with Crippen LogP contribution in [-0.2, 0) is 9.53 Å². The fourth-order valence-corrected chi connectivity index (χ4v) is 2.83. The van der Waals surface area contributed by atoms with E-state index in [4.69, 9.17) is 10.5 Å². The molecule has 2 N–H and O–H groups in total. The Balaban J connectivity index is 1.84. The number of amides is 1. The minimum absolute atomic E-state index is 0.0397. The first-order valence-corrected chi connectivity index (χ1v) is 7.02. The van der Waals surface area contributed by atoms with Gasteiger partial charge >= 0.3 is 0 Å². The molecule has 2 saturated heterocycles. The van der Waals surface area contributed by atoms with Crippen LogP contribution in [0.1, 0.15) is 26.2 Å². The fraction of sp³-hybridized carbons (Fsp3) is 0.923. The quantitative estimate of drug-likeness (QED) is 0.771. The number of ether oxygens (including phenoxy) is 1. The summed E-state index contributed by atoms with van der Waals surface area (Å²) in [6, 6.07) is 0.344. The molecule has 1 amide bonds. The van der Waals surface area contributed by atoms with Crippen molar-refractivity contribution in [1.82, 2.24) is 9.80 Å². The molecule has 0 spiro atoms. The van der Waals surface area contributed by atoms with Crippen LogP contribution in [0.15, 0.2) is 0 Å². The molecular formula is C13H25N3O2. The van der Waals surface area contributed by atoms with E-state index in [1.54, 1.807) is 0 Å². The molecule has 0 aromatic rings. The van der Waals surface area contributed by atoms with Crippen LogP contribution in [0, 0.1) is 0 Å². The SMILES string of the molecule is CC(N)CC(=O)N1CCCC1CN1CCOCC1. The summed E-state index contributed by atoms with van der Waals surface area (Å²) in [6.45, 7) is 7.41. The molecule has 2 atom stereocenters. The van der Waals surface area contributed by atoms with Crippen LogP contribution in [-0.4, -0.2) is 67.2 Å². The first kappa shape index (κ1) is 13.8. The number of likely N-dealkylation sites (tertiary alicyclic amines) is 1. The van der Waals surface area contributed by atoms with E-state index in [0.717, 1.165) is 52.2 Å². The molecule has 2 rings (SSSR count). The zero-order chi connectivity index (χ0) is 13.0. The van der Waals surface area contributed by atoms with Crippen LogP contribution in [0.2, 0.25) is 0 Å². The Morgan fingerprint density at radius 3 is 2.78 bits per heavy atom. The van der Waals surface area contributed by atoms with Crippen LogP contribution in [0.3, 0.4) is 0 Å². The number of hydrogen-bond donors (Lipinski definition) is 1. The monoisotopic (exact) mass is 255 g/mol. The van der Waals surface area contributed by atoms with Crippen LogP contribution in [0.4, 0.5) is 0 Å². The molecule has 2 heterocycles. The smallest absolute Gasteiger partial charge is 0.224 e. The van der Waals surface area contributed by atoms with Gasteiger partial charge in [0.1, 0.15) is 0 Å². The molecule has 0 saturated carbocycles. The molecule has 0 aromatic heterocycles. The fourth-order valence-electron chi connectivity index (χ4n) is 2.83. The molecule has 0 aromatic carbocycles. The van der Waals surface area contributed by atoms with Crippen molar-refractivity contribution in [2.24, 2.45) is 5.73 Å². The summed E-state index contributed by atoms with van der Waals surface area (Å²) in [6.07, 6.45) is 2.72. The highest BCUT2D eigenvalue weighted by atomic mass is 16.5. The Morgan fingerprint density at radius 2 is 2.11 bits per heavy atom.